The highest BCUT2D eigenvalue weighted by Crippen LogP contribution is 2.39. The largest absolute Gasteiger partial charge is 0.493 e. The molecule has 0 saturated carbocycles. The van der Waals surface area contributed by atoms with Crippen LogP contribution >= 0.6 is 11.3 Å². The molecule has 0 spiro atoms. The van der Waals surface area contributed by atoms with Crippen LogP contribution in [0.5, 0.6) is 11.5 Å². The quantitative estimate of drug-likeness (QED) is 0.406. The van der Waals surface area contributed by atoms with Crippen molar-refractivity contribution in [3.8, 4) is 22.1 Å². The van der Waals surface area contributed by atoms with Gasteiger partial charge in [-0.2, -0.15) is 0 Å². The number of para-hydroxylation sites is 2. The summed E-state index contributed by atoms with van der Waals surface area (Å²) in [5, 5.41) is 3.51. The lowest BCUT2D eigenvalue weighted by Gasteiger charge is -2.10. The number of methoxy groups -OCH3 is 2. The normalized spacial score (nSPS) is 10.9. The maximum atomic E-state index is 12.5. The molecule has 148 valence electrons. The summed E-state index contributed by atoms with van der Waals surface area (Å²) in [7, 11) is 3.18. The Kier molecular flexibility index (Phi) is 5.22. The van der Waals surface area contributed by atoms with E-state index in [4.69, 9.17) is 18.6 Å². The second-order valence-corrected chi connectivity index (χ2v) is 7.17. The van der Waals surface area contributed by atoms with Gasteiger partial charge in [0.15, 0.2) is 11.5 Å². The fourth-order valence-electron chi connectivity index (χ4n) is 3.13. The number of aryl methyl sites for hydroxylation is 1. The van der Waals surface area contributed by atoms with Crippen LogP contribution in [0.3, 0.4) is 0 Å². The SMILES string of the molecule is COc1cccc(-c2nc(COC(=O)c3oc4ccccc4c3C)cs2)c1OC. The number of hydrogen-bond acceptors (Lipinski definition) is 7. The number of aromatic nitrogens is 1. The molecule has 6 nitrogen and oxygen atoms in total. The highest BCUT2D eigenvalue weighted by atomic mass is 32.1. The number of ether oxygens (including phenoxy) is 3. The van der Waals surface area contributed by atoms with E-state index in [2.05, 4.69) is 4.98 Å². The smallest absolute Gasteiger partial charge is 0.374 e. The topological polar surface area (TPSA) is 70.8 Å². The molecule has 0 bridgehead atoms. The second kappa shape index (κ2) is 7.97. The zero-order valence-electron chi connectivity index (χ0n) is 16.2. The van der Waals surface area contributed by atoms with E-state index in [-0.39, 0.29) is 12.4 Å². The molecule has 0 N–H and O–H groups in total. The lowest BCUT2D eigenvalue weighted by atomic mass is 10.1. The predicted octanol–water partition coefficient (Wildman–Crippen LogP) is 5.24. The minimum absolute atomic E-state index is 0.0537. The van der Waals surface area contributed by atoms with Crippen LogP contribution in [-0.4, -0.2) is 25.2 Å². The summed E-state index contributed by atoms with van der Waals surface area (Å²) < 4.78 is 21.9. The fraction of sp³-hybridized carbons (Fsp3) is 0.182. The Bertz CT molecular complexity index is 1180. The number of furan rings is 1. The number of thiazole rings is 1. The van der Waals surface area contributed by atoms with Crippen molar-refractivity contribution in [1.29, 1.82) is 0 Å². The molecule has 4 aromatic rings. The van der Waals surface area contributed by atoms with Gasteiger partial charge < -0.3 is 18.6 Å². The first-order chi connectivity index (χ1) is 14.1. The van der Waals surface area contributed by atoms with Gasteiger partial charge in [0.25, 0.3) is 0 Å². The van der Waals surface area contributed by atoms with Crippen LogP contribution in [0.15, 0.2) is 52.3 Å². The van der Waals surface area contributed by atoms with Crippen LogP contribution in [0.25, 0.3) is 21.5 Å². The van der Waals surface area contributed by atoms with Crippen molar-refractivity contribution in [1.82, 2.24) is 4.98 Å². The first-order valence-corrected chi connectivity index (χ1v) is 9.81. The van der Waals surface area contributed by atoms with Crippen molar-refractivity contribution >= 4 is 28.3 Å². The molecule has 0 aliphatic rings. The van der Waals surface area contributed by atoms with Gasteiger partial charge in [0.2, 0.25) is 5.76 Å². The van der Waals surface area contributed by atoms with Crippen LogP contribution in [0.1, 0.15) is 21.8 Å². The molecule has 4 rings (SSSR count). The molecule has 29 heavy (non-hydrogen) atoms. The van der Waals surface area contributed by atoms with Gasteiger partial charge in [-0.15, -0.1) is 11.3 Å². The van der Waals surface area contributed by atoms with Crippen LogP contribution in [-0.2, 0) is 11.3 Å². The molecule has 7 heteroatoms. The van der Waals surface area contributed by atoms with Gasteiger partial charge in [0.05, 0.1) is 25.5 Å². The molecule has 0 amide bonds. The van der Waals surface area contributed by atoms with Gasteiger partial charge in [-0.25, -0.2) is 9.78 Å². The number of rotatable bonds is 6. The highest BCUT2D eigenvalue weighted by Gasteiger charge is 2.20. The van der Waals surface area contributed by atoms with E-state index < -0.39 is 5.97 Å². The maximum absolute atomic E-state index is 12.5. The molecule has 0 unspecified atom stereocenters. The average Bonchev–Trinajstić information content (AvgIpc) is 3.36. The molecule has 0 radical (unpaired) electrons. The third kappa shape index (κ3) is 3.56. The Labute approximate surface area is 171 Å². The minimum atomic E-state index is -0.507. The monoisotopic (exact) mass is 409 g/mol. The molecule has 0 aliphatic carbocycles. The summed E-state index contributed by atoms with van der Waals surface area (Å²) in [6, 6.07) is 13.1. The molecule has 2 aromatic carbocycles. The van der Waals surface area contributed by atoms with E-state index in [1.165, 1.54) is 11.3 Å². The van der Waals surface area contributed by atoms with Crippen molar-refractivity contribution in [2.75, 3.05) is 14.2 Å². The number of fused-ring (bicyclic) bond motifs is 1. The van der Waals surface area contributed by atoms with E-state index >= 15 is 0 Å². The van der Waals surface area contributed by atoms with Crippen molar-refractivity contribution in [2.45, 2.75) is 13.5 Å². The Morgan fingerprint density at radius 1 is 1.10 bits per heavy atom. The lowest BCUT2D eigenvalue weighted by molar-refractivity contribution is 0.0433. The Balaban J connectivity index is 1.51. The Morgan fingerprint density at radius 3 is 2.69 bits per heavy atom. The zero-order chi connectivity index (χ0) is 20.4. The van der Waals surface area contributed by atoms with Crippen LogP contribution in [0.4, 0.5) is 0 Å². The predicted molar refractivity (Wildman–Crippen MR) is 111 cm³/mol. The molecule has 0 saturated heterocycles. The molecule has 2 heterocycles. The summed E-state index contributed by atoms with van der Waals surface area (Å²) in [5.74, 6) is 0.961. The summed E-state index contributed by atoms with van der Waals surface area (Å²) in [6.07, 6.45) is 0. The third-order valence-corrected chi connectivity index (χ3v) is 5.49. The van der Waals surface area contributed by atoms with E-state index in [1.54, 1.807) is 14.2 Å². The molecular formula is C22H19NO5S. The number of nitrogens with zero attached hydrogens (tertiary/aromatic N) is 1. The fourth-order valence-corrected chi connectivity index (χ4v) is 3.95. The third-order valence-electron chi connectivity index (χ3n) is 4.57. The zero-order valence-corrected chi connectivity index (χ0v) is 17.0. The van der Waals surface area contributed by atoms with E-state index in [0.717, 1.165) is 21.5 Å². The molecule has 2 aromatic heterocycles. The Hall–Kier alpha value is -3.32. The average molecular weight is 409 g/mol. The molecule has 0 fully saturated rings. The summed E-state index contributed by atoms with van der Waals surface area (Å²) in [5.41, 5.74) is 2.91. The van der Waals surface area contributed by atoms with Gasteiger partial charge in [-0.1, -0.05) is 24.3 Å². The van der Waals surface area contributed by atoms with Gasteiger partial charge in [-0.3, -0.25) is 0 Å². The van der Waals surface area contributed by atoms with Gasteiger partial charge in [0.1, 0.15) is 17.2 Å². The van der Waals surface area contributed by atoms with E-state index in [1.807, 2.05) is 54.8 Å². The highest BCUT2D eigenvalue weighted by molar-refractivity contribution is 7.13. The van der Waals surface area contributed by atoms with E-state index in [9.17, 15) is 4.79 Å². The number of esters is 1. The number of hydrogen-bond donors (Lipinski definition) is 0. The summed E-state index contributed by atoms with van der Waals surface area (Å²) in [6.45, 7) is 1.90. The van der Waals surface area contributed by atoms with Gasteiger partial charge in [-0.05, 0) is 25.1 Å². The van der Waals surface area contributed by atoms with Crippen molar-refractivity contribution in [3.05, 3.63) is 64.9 Å². The van der Waals surface area contributed by atoms with Gasteiger partial charge >= 0.3 is 5.97 Å². The molecular weight excluding hydrogens is 390 g/mol. The summed E-state index contributed by atoms with van der Waals surface area (Å²) in [4.78, 5) is 17.1. The first-order valence-electron chi connectivity index (χ1n) is 8.93. The Morgan fingerprint density at radius 2 is 1.93 bits per heavy atom. The summed E-state index contributed by atoms with van der Waals surface area (Å²) >= 11 is 1.44. The van der Waals surface area contributed by atoms with Crippen molar-refractivity contribution in [2.24, 2.45) is 0 Å². The van der Waals surface area contributed by atoms with Crippen LogP contribution < -0.4 is 9.47 Å². The van der Waals surface area contributed by atoms with Crippen molar-refractivity contribution in [3.63, 3.8) is 0 Å². The second-order valence-electron chi connectivity index (χ2n) is 6.31. The lowest BCUT2D eigenvalue weighted by Crippen LogP contribution is -2.05. The van der Waals surface area contributed by atoms with Crippen molar-refractivity contribution < 1.29 is 23.4 Å². The standard InChI is InChI=1S/C22H19NO5S/c1-13-15-7-4-5-9-17(15)28-19(13)22(24)27-11-14-12-29-21(23-14)16-8-6-10-18(25-2)20(16)26-3/h4-10,12H,11H2,1-3H3. The van der Waals surface area contributed by atoms with Gasteiger partial charge in [0, 0.05) is 16.3 Å². The number of benzene rings is 2. The minimum Gasteiger partial charge on any atom is -0.493 e. The van der Waals surface area contributed by atoms with Crippen LogP contribution in [0.2, 0.25) is 0 Å². The first kappa shape index (κ1) is 19.0. The number of carbonyl (C=O) groups is 1. The maximum Gasteiger partial charge on any atom is 0.374 e. The van der Waals surface area contributed by atoms with Crippen LogP contribution in [0, 0.1) is 6.92 Å². The molecule has 0 aliphatic heterocycles. The van der Waals surface area contributed by atoms with E-state index in [0.29, 0.717) is 22.8 Å². The molecule has 0 atom stereocenters. The number of carbonyl (C=O) groups excluding carboxylic acids is 1.